The summed E-state index contributed by atoms with van der Waals surface area (Å²) in [4.78, 5) is 2.45. The topological polar surface area (TPSA) is 3.24 Å². The van der Waals surface area contributed by atoms with E-state index in [1.165, 1.54) is 45.2 Å². The van der Waals surface area contributed by atoms with Crippen molar-refractivity contribution in [3.05, 3.63) is 0 Å². The molecule has 0 unspecified atom stereocenters. The molecule has 1 nitrogen and oxygen atoms in total. The number of hydrogen-bond acceptors (Lipinski definition) is 1. The molecule has 12 heavy (non-hydrogen) atoms. The predicted molar refractivity (Wildman–Crippen MR) is 54.4 cm³/mol. The highest BCUT2D eigenvalue weighted by Gasteiger charge is 2.40. The molecule has 2 rings (SSSR count). The van der Waals surface area contributed by atoms with Gasteiger partial charge in [0.05, 0.1) is 0 Å². The fourth-order valence-corrected chi connectivity index (χ4v) is 2.72. The molecule has 0 aromatic rings. The van der Waals surface area contributed by atoms with Crippen molar-refractivity contribution in [1.29, 1.82) is 0 Å². The lowest BCUT2D eigenvalue weighted by molar-refractivity contribution is -0.00940. The minimum Gasteiger partial charge on any atom is -0.305 e. The van der Waals surface area contributed by atoms with E-state index in [9.17, 15) is 0 Å². The molecule has 0 amide bonds. The van der Waals surface area contributed by atoms with Crippen LogP contribution < -0.4 is 0 Å². The van der Waals surface area contributed by atoms with Gasteiger partial charge in [-0.1, -0.05) is 33.1 Å². The summed E-state index contributed by atoms with van der Waals surface area (Å²) in [5.74, 6) is 0. The Morgan fingerprint density at radius 1 is 0.917 bits per heavy atom. The van der Waals surface area contributed by atoms with E-state index < -0.39 is 0 Å². The number of nitrogens with zero attached hydrogens (tertiary/aromatic N) is 1. The lowest BCUT2D eigenvalue weighted by Gasteiger charge is -2.51. The molecule has 1 spiro atoms. The molecule has 2 aliphatic rings. The lowest BCUT2D eigenvalue weighted by Crippen LogP contribution is -2.54. The van der Waals surface area contributed by atoms with Crippen LogP contribution in [-0.2, 0) is 0 Å². The molecule has 1 saturated heterocycles. The maximum Gasteiger partial charge on any atom is 0.00474 e. The fourth-order valence-electron chi connectivity index (χ4n) is 2.72. The fraction of sp³-hybridized carbons (Fsp3) is 1.00. The monoisotopic (exact) mass is 169 g/mol. The Balaban J connectivity index is 0.000000336. The van der Waals surface area contributed by atoms with Crippen LogP contribution in [0.25, 0.3) is 0 Å². The van der Waals surface area contributed by atoms with Crippen molar-refractivity contribution in [3.8, 4) is 0 Å². The standard InChI is InChI=1S/C9H17N.C2H6/c1-10-7-9(8-10)5-3-2-4-6-9;1-2/h2-8H2,1H3;1-2H3. The van der Waals surface area contributed by atoms with Gasteiger partial charge in [-0.3, -0.25) is 0 Å². The minimum atomic E-state index is 0.799. The Kier molecular flexibility index (Phi) is 3.57. The summed E-state index contributed by atoms with van der Waals surface area (Å²) < 4.78 is 0. The van der Waals surface area contributed by atoms with Crippen molar-refractivity contribution in [2.24, 2.45) is 5.41 Å². The van der Waals surface area contributed by atoms with E-state index in [1.807, 2.05) is 13.8 Å². The molecule has 2 fully saturated rings. The van der Waals surface area contributed by atoms with Crippen molar-refractivity contribution in [3.63, 3.8) is 0 Å². The van der Waals surface area contributed by atoms with Crippen molar-refractivity contribution in [1.82, 2.24) is 4.90 Å². The molecule has 0 atom stereocenters. The first-order valence-corrected chi connectivity index (χ1v) is 5.49. The van der Waals surface area contributed by atoms with Crippen LogP contribution in [0.2, 0.25) is 0 Å². The van der Waals surface area contributed by atoms with Crippen LogP contribution in [0.3, 0.4) is 0 Å². The second-order valence-electron chi connectivity index (χ2n) is 4.23. The molecule has 0 radical (unpaired) electrons. The number of rotatable bonds is 0. The highest BCUT2D eigenvalue weighted by atomic mass is 15.2. The van der Waals surface area contributed by atoms with Gasteiger partial charge < -0.3 is 4.90 Å². The molecule has 1 aliphatic heterocycles. The van der Waals surface area contributed by atoms with Crippen LogP contribution in [0, 0.1) is 5.41 Å². The zero-order valence-corrected chi connectivity index (χ0v) is 8.90. The van der Waals surface area contributed by atoms with E-state index in [0.717, 1.165) is 5.41 Å². The molecule has 0 aromatic heterocycles. The second kappa shape index (κ2) is 4.27. The third-order valence-electron chi connectivity index (χ3n) is 3.12. The normalized spacial score (nSPS) is 27.2. The first-order chi connectivity index (χ1) is 5.81. The molecule has 0 aromatic carbocycles. The summed E-state index contributed by atoms with van der Waals surface area (Å²) >= 11 is 0. The van der Waals surface area contributed by atoms with Gasteiger partial charge in [-0.15, -0.1) is 0 Å². The summed E-state index contributed by atoms with van der Waals surface area (Å²) in [6.07, 6.45) is 7.50. The lowest BCUT2D eigenvalue weighted by atomic mass is 9.69. The average Bonchev–Trinajstić information content (AvgIpc) is 2.08. The van der Waals surface area contributed by atoms with Crippen LogP contribution in [0.4, 0.5) is 0 Å². The van der Waals surface area contributed by atoms with Gasteiger partial charge in [0.15, 0.2) is 0 Å². The predicted octanol–water partition coefficient (Wildman–Crippen LogP) is 2.91. The van der Waals surface area contributed by atoms with E-state index in [0.29, 0.717) is 0 Å². The molecule has 1 heteroatoms. The van der Waals surface area contributed by atoms with E-state index in [4.69, 9.17) is 0 Å². The molecule has 1 aliphatic carbocycles. The summed E-state index contributed by atoms with van der Waals surface area (Å²) in [5, 5.41) is 0. The molecule has 1 saturated carbocycles. The summed E-state index contributed by atoms with van der Waals surface area (Å²) in [7, 11) is 2.24. The van der Waals surface area contributed by atoms with E-state index >= 15 is 0 Å². The molecule has 0 bridgehead atoms. The Hall–Kier alpha value is -0.0400. The SMILES string of the molecule is CC.CN1CC2(CCCCC2)C1. The van der Waals surface area contributed by atoms with Gasteiger partial charge in [0.2, 0.25) is 0 Å². The first-order valence-electron chi connectivity index (χ1n) is 5.49. The molecule has 1 heterocycles. The number of hydrogen-bond donors (Lipinski definition) is 0. The van der Waals surface area contributed by atoms with Gasteiger partial charge in [0.25, 0.3) is 0 Å². The minimum absolute atomic E-state index is 0.799. The second-order valence-corrected chi connectivity index (χ2v) is 4.23. The zero-order chi connectivity index (χ0) is 9.03. The van der Waals surface area contributed by atoms with Gasteiger partial charge in [0, 0.05) is 13.1 Å². The zero-order valence-electron chi connectivity index (χ0n) is 8.90. The van der Waals surface area contributed by atoms with Gasteiger partial charge in [0.1, 0.15) is 0 Å². The van der Waals surface area contributed by atoms with Crippen LogP contribution in [0.1, 0.15) is 46.0 Å². The molecule has 72 valence electrons. The van der Waals surface area contributed by atoms with Crippen molar-refractivity contribution >= 4 is 0 Å². The van der Waals surface area contributed by atoms with Gasteiger partial charge >= 0.3 is 0 Å². The van der Waals surface area contributed by atoms with Crippen LogP contribution in [0.15, 0.2) is 0 Å². The van der Waals surface area contributed by atoms with Crippen LogP contribution in [-0.4, -0.2) is 25.0 Å². The molecular weight excluding hydrogens is 146 g/mol. The van der Waals surface area contributed by atoms with Crippen molar-refractivity contribution < 1.29 is 0 Å². The van der Waals surface area contributed by atoms with Crippen molar-refractivity contribution in [2.45, 2.75) is 46.0 Å². The Bertz CT molecular complexity index is 109. The van der Waals surface area contributed by atoms with Crippen LogP contribution in [0.5, 0.6) is 0 Å². The largest absolute Gasteiger partial charge is 0.305 e. The third kappa shape index (κ3) is 2.01. The highest BCUT2D eigenvalue weighted by Crippen LogP contribution is 2.42. The smallest absolute Gasteiger partial charge is 0.00474 e. The number of likely N-dealkylation sites (tertiary alicyclic amines) is 1. The quantitative estimate of drug-likeness (QED) is 0.539. The van der Waals surface area contributed by atoms with E-state index in [2.05, 4.69) is 11.9 Å². The van der Waals surface area contributed by atoms with Crippen molar-refractivity contribution in [2.75, 3.05) is 20.1 Å². The Labute approximate surface area is 77.1 Å². The highest BCUT2D eigenvalue weighted by molar-refractivity contribution is 4.94. The van der Waals surface area contributed by atoms with Gasteiger partial charge in [-0.25, -0.2) is 0 Å². The molecule has 0 N–H and O–H groups in total. The third-order valence-corrected chi connectivity index (χ3v) is 3.12. The summed E-state index contributed by atoms with van der Waals surface area (Å²) in [5.41, 5.74) is 0.799. The first kappa shape index (κ1) is 10.0. The Morgan fingerprint density at radius 2 is 1.42 bits per heavy atom. The van der Waals surface area contributed by atoms with Crippen LogP contribution >= 0.6 is 0 Å². The average molecular weight is 169 g/mol. The Morgan fingerprint density at radius 3 is 1.83 bits per heavy atom. The summed E-state index contributed by atoms with van der Waals surface area (Å²) in [6.45, 7) is 6.76. The van der Waals surface area contributed by atoms with E-state index in [1.54, 1.807) is 0 Å². The van der Waals surface area contributed by atoms with Gasteiger partial charge in [-0.05, 0) is 25.3 Å². The summed E-state index contributed by atoms with van der Waals surface area (Å²) in [6, 6.07) is 0. The van der Waals surface area contributed by atoms with E-state index in [-0.39, 0.29) is 0 Å². The maximum atomic E-state index is 2.45. The molecular formula is C11H23N. The van der Waals surface area contributed by atoms with Gasteiger partial charge in [-0.2, -0.15) is 0 Å². The maximum absolute atomic E-state index is 2.45.